The fourth-order valence-electron chi connectivity index (χ4n) is 1.61. The zero-order valence-electron chi connectivity index (χ0n) is 11.1. The normalized spacial score (nSPS) is 10.2. The molecule has 0 fully saturated rings. The summed E-state index contributed by atoms with van der Waals surface area (Å²) in [6.45, 7) is 2.02. The Morgan fingerprint density at radius 1 is 0.700 bits per heavy atom. The average Bonchev–Trinajstić information content (AvgIpc) is 2.49. The minimum Gasteiger partial charge on any atom is -0.491 e. The SMILES string of the molecule is Clc1ccccc1OCCOCCOc1ccccc1. The molecule has 0 aliphatic rings. The van der Waals surface area contributed by atoms with Crippen LogP contribution in [-0.2, 0) is 4.74 Å². The summed E-state index contributed by atoms with van der Waals surface area (Å²) < 4.78 is 16.4. The number of ether oxygens (including phenoxy) is 3. The zero-order valence-corrected chi connectivity index (χ0v) is 11.9. The molecule has 0 aromatic heterocycles. The Hall–Kier alpha value is -1.71. The van der Waals surface area contributed by atoms with Crippen LogP contribution in [0.2, 0.25) is 5.02 Å². The molecule has 0 saturated carbocycles. The topological polar surface area (TPSA) is 27.7 Å². The molecule has 2 aromatic carbocycles. The first-order valence-corrected chi connectivity index (χ1v) is 6.87. The molecule has 0 spiro atoms. The van der Waals surface area contributed by atoms with Crippen LogP contribution in [0.25, 0.3) is 0 Å². The lowest BCUT2D eigenvalue weighted by Crippen LogP contribution is -2.12. The highest BCUT2D eigenvalue weighted by molar-refractivity contribution is 6.32. The summed E-state index contributed by atoms with van der Waals surface area (Å²) in [6, 6.07) is 17.0. The van der Waals surface area contributed by atoms with Crippen LogP contribution in [0.4, 0.5) is 0 Å². The summed E-state index contributed by atoms with van der Waals surface area (Å²) in [5, 5.41) is 0.611. The van der Waals surface area contributed by atoms with Crippen molar-refractivity contribution in [3.05, 3.63) is 59.6 Å². The highest BCUT2D eigenvalue weighted by Crippen LogP contribution is 2.22. The van der Waals surface area contributed by atoms with Crippen molar-refractivity contribution in [1.82, 2.24) is 0 Å². The van der Waals surface area contributed by atoms with Crippen molar-refractivity contribution < 1.29 is 14.2 Å². The van der Waals surface area contributed by atoms with Crippen LogP contribution in [0.1, 0.15) is 0 Å². The van der Waals surface area contributed by atoms with Crippen molar-refractivity contribution >= 4 is 11.6 Å². The summed E-state index contributed by atoms with van der Waals surface area (Å²) in [5.74, 6) is 1.53. The third-order valence-electron chi connectivity index (χ3n) is 2.56. The minimum absolute atomic E-state index is 0.467. The fourth-order valence-corrected chi connectivity index (χ4v) is 1.80. The van der Waals surface area contributed by atoms with Crippen LogP contribution in [0.5, 0.6) is 11.5 Å². The first-order chi connectivity index (χ1) is 9.86. The maximum absolute atomic E-state index is 5.97. The van der Waals surface area contributed by atoms with Crippen molar-refractivity contribution in [3.8, 4) is 11.5 Å². The molecule has 0 amide bonds. The van der Waals surface area contributed by atoms with Gasteiger partial charge in [-0.1, -0.05) is 41.9 Å². The van der Waals surface area contributed by atoms with Crippen LogP contribution in [-0.4, -0.2) is 26.4 Å². The van der Waals surface area contributed by atoms with Crippen molar-refractivity contribution in [2.45, 2.75) is 0 Å². The molecule has 4 heteroatoms. The Bertz CT molecular complexity index is 502. The molecule has 106 valence electrons. The van der Waals surface area contributed by atoms with Crippen LogP contribution < -0.4 is 9.47 Å². The van der Waals surface area contributed by atoms with Crippen LogP contribution in [0.3, 0.4) is 0 Å². The molecule has 0 atom stereocenters. The molecule has 2 rings (SSSR count). The van der Waals surface area contributed by atoms with Crippen molar-refractivity contribution in [2.75, 3.05) is 26.4 Å². The van der Waals surface area contributed by atoms with Gasteiger partial charge in [0.1, 0.15) is 24.7 Å². The Morgan fingerprint density at radius 3 is 2.10 bits per heavy atom. The van der Waals surface area contributed by atoms with E-state index in [0.717, 1.165) is 5.75 Å². The van der Waals surface area contributed by atoms with Gasteiger partial charge in [0, 0.05) is 0 Å². The highest BCUT2D eigenvalue weighted by atomic mass is 35.5. The van der Waals surface area contributed by atoms with Gasteiger partial charge in [0.15, 0.2) is 0 Å². The Morgan fingerprint density at radius 2 is 1.35 bits per heavy atom. The van der Waals surface area contributed by atoms with Crippen molar-refractivity contribution in [1.29, 1.82) is 0 Å². The fraction of sp³-hybridized carbons (Fsp3) is 0.250. The van der Waals surface area contributed by atoms with Gasteiger partial charge in [-0.05, 0) is 24.3 Å². The van der Waals surface area contributed by atoms with Crippen molar-refractivity contribution in [3.63, 3.8) is 0 Å². The third-order valence-corrected chi connectivity index (χ3v) is 2.87. The van der Waals surface area contributed by atoms with E-state index in [-0.39, 0.29) is 0 Å². The van der Waals surface area contributed by atoms with Gasteiger partial charge >= 0.3 is 0 Å². The van der Waals surface area contributed by atoms with E-state index < -0.39 is 0 Å². The number of para-hydroxylation sites is 2. The standard InChI is InChI=1S/C16H17ClO3/c17-15-8-4-5-9-16(15)20-13-11-18-10-12-19-14-6-2-1-3-7-14/h1-9H,10-13H2. The molecule has 0 radical (unpaired) electrons. The summed E-state index contributed by atoms with van der Waals surface area (Å²) in [6.07, 6.45) is 0. The van der Waals surface area contributed by atoms with Gasteiger partial charge in [0.25, 0.3) is 0 Å². The Kier molecular flexibility index (Phi) is 6.21. The molecule has 20 heavy (non-hydrogen) atoms. The molecule has 0 heterocycles. The molecule has 0 saturated heterocycles. The molecular formula is C16H17ClO3. The first kappa shape index (κ1) is 14.7. The summed E-state index contributed by atoms with van der Waals surface area (Å²) in [5.41, 5.74) is 0. The Balaban J connectivity index is 1.53. The maximum Gasteiger partial charge on any atom is 0.138 e. The second-order valence-corrected chi connectivity index (χ2v) is 4.46. The van der Waals surface area contributed by atoms with Crippen LogP contribution >= 0.6 is 11.6 Å². The smallest absolute Gasteiger partial charge is 0.138 e. The molecule has 0 aliphatic carbocycles. The molecule has 0 unspecified atom stereocenters. The third kappa shape index (κ3) is 5.11. The van der Waals surface area contributed by atoms with E-state index in [4.69, 9.17) is 25.8 Å². The van der Waals surface area contributed by atoms with E-state index >= 15 is 0 Å². The summed E-state index contributed by atoms with van der Waals surface area (Å²) in [7, 11) is 0. The van der Waals surface area contributed by atoms with E-state index in [1.54, 1.807) is 6.07 Å². The van der Waals surface area contributed by atoms with Gasteiger partial charge in [-0.25, -0.2) is 0 Å². The summed E-state index contributed by atoms with van der Waals surface area (Å²) >= 11 is 5.97. The maximum atomic E-state index is 5.97. The second-order valence-electron chi connectivity index (χ2n) is 4.05. The van der Waals surface area contributed by atoms with Gasteiger partial charge < -0.3 is 14.2 Å². The molecule has 3 nitrogen and oxygen atoms in total. The van der Waals surface area contributed by atoms with E-state index in [2.05, 4.69) is 0 Å². The van der Waals surface area contributed by atoms with Crippen LogP contribution in [0.15, 0.2) is 54.6 Å². The molecular weight excluding hydrogens is 276 g/mol. The first-order valence-electron chi connectivity index (χ1n) is 6.49. The minimum atomic E-state index is 0.467. The molecule has 2 aromatic rings. The number of rotatable bonds is 8. The summed E-state index contributed by atoms with van der Waals surface area (Å²) in [4.78, 5) is 0. The average molecular weight is 293 g/mol. The number of benzene rings is 2. The lowest BCUT2D eigenvalue weighted by molar-refractivity contribution is 0.0764. The monoisotopic (exact) mass is 292 g/mol. The number of halogens is 1. The predicted octanol–water partition coefficient (Wildman–Crippen LogP) is 3.81. The molecule has 0 bridgehead atoms. The Labute approximate surface area is 124 Å². The molecule has 0 aliphatic heterocycles. The van der Waals surface area contributed by atoms with Gasteiger partial charge in [0.05, 0.1) is 18.2 Å². The predicted molar refractivity (Wildman–Crippen MR) is 79.7 cm³/mol. The lowest BCUT2D eigenvalue weighted by Gasteiger charge is -2.09. The second kappa shape index (κ2) is 8.46. The largest absolute Gasteiger partial charge is 0.491 e. The van der Waals surface area contributed by atoms with Gasteiger partial charge in [-0.2, -0.15) is 0 Å². The quantitative estimate of drug-likeness (QED) is 0.692. The van der Waals surface area contributed by atoms with E-state index in [9.17, 15) is 0 Å². The van der Waals surface area contributed by atoms with E-state index in [1.807, 2.05) is 48.5 Å². The van der Waals surface area contributed by atoms with Crippen molar-refractivity contribution in [2.24, 2.45) is 0 Å². The van der Waals surface area contributed by atoms with E-state index in [0.29, 0.717) is 37.2 Å². The van der Waals surface area contributed by atoms with Crippen LogP contribution in [0, 0.1) is 0 Å². The number of hydrogen-bond acceptors (Lipinski definition) is 3. The lowest BCUT2D eigenvalue weighted by atomic mass is 10.3. The molecule has 0 N–H and O–H groups in total. The van der Waals surface area contributed by atoms with Gasteiger partial charge in [-0.3, -0.25) is 0 Å². The van der Waals surface area contributed by atoms with Gasteiger partial charge in [0.2, 0.25) is 0 Å². The highest BCUT2D eigenvalue weighted by Gasteiger charge is 1.99. The zero-order chi connectivity index (χ0) is 14.0. The van der Waals surface area contributed by atoms with Gasteiger partial charge in [-0.15, -0.1) is 0 Å². The van der Waals surface area contributed by atoms with E-state index in [1.165, 1.54) is 0 Å². The number of hydrogen-bond donors (Lipinski definition) is 0.